The lowest BCUT2D eigenvalue weighted by molar-refractivity contribution is -0.149. The summed E-state index contributed by atoms with van der Waals surface area (Å²) in [5.41, 5.74) is 1.38. The summed E-state index contributed by atoms with van der Waals surface area (Å²) in [6.45, 7) is 12.2. The molecule has 0 amide bonds. The molecule has 0 spiro atoms. The number of β-amino-alcohol motifs (C(OH)–C–C–N with tert-alkyl or cyclic N) is 1. The van der Waals surface area contributed by atoms with Gasteiger partial charge in [0.2, 0.25) is 0 Å². The van der Waals surface area contributed by atoms with Crippen LogP contribution in [0.2, 0.25) is 0 Å². The highest BCUT2D eigenvalue weighted by atomic mass is 16.5. The van der Waals surface area contributed by atoms with Gasteiger partial charge in [0.25, 0.3) is 0 Å². The first-order valence-electron chi connectivity index (χ1n) is 23.0. The zero-order valence-electron chi connectivity index (χ0n) is 34.9. The van der Waals surface area contributed by atoms with E-state index in [-0.39, 0.29) is 24.8 Å². The van der Waals surface area contributed by atoms with Crippen LogP contribution in [0.4, 0.5) is 0 Å². The predicted octanol–water partition coefficient (Wildman–Crippen LogP) is 13.8. The summed E-state index contributed by atoms with van der Waals surface area (Å²) in [7, 11) is 0. The van der Waals surface area contributed by atoms with Gasteiger partial charge in [0.15, 0.2) is 0 Å². The van der Waals surface area contributed by atoms with Crippen LogP contribution in [0.25, 0.3) is 0 Å². The van der Waals surface area contributed by atoms with E-state index in [1.807, 2.05) is 0 Å². The summed E-state index contributed by atoms with van der Waals surface area (Å²) in [6.07, 6.45) is 39.5. The van der Waals surface area contributed by atoms with Crippen LogP contribution in [0.15, 0.2) is 11.3 Å². The number of aliphatic hydroxyl groups excluding tert-OH is 1. The summed E-state index contributed by atoms with van der Waals surface area (Å²) >= 11 is 0. The molecule has 0 aromatic heterocycles. The molecule has 1 heterocycles. The second kappa shape index (κ2) is 35.9. The van der Waals surface area contributed by atoms with Crippen molar-refractivity contribution in [2.24, 2.45) is 0 Å². The van der Waals surface area contributed by atoms with Crippen molar-refractivity contribution >= 4 is 5.97 Å². The van der Waals surface area contributed by atoms with Crippen LogP contribution in [-0.4, -0.2) is 54.4 Å². The Hall–Kier alpha value is -1.07. The van der Waals surface area contributed by atoms with Crippen molar-refractivity contribution < 1.29 is 19.4 Å². The fourth-order valence-electron chi connectivity index (χ4n) is 7.82. The van der Waals surface area contributed by atoms with Gasteiger partial charge in [-0.3, -0.25) is 4.79 Å². The first-order valence-corrected chi connectivity index (χ1v) is 23.0. The average Bonchev–Trinajstić information content (AvgIpc) is 3.13. The topological polar surface area (TPSA) is 59.0 Å². The summed E-state index contributed by atoms with van der Waals surface area (Å²) in [5.74, 6) is 1.19. The Kier molecular flexibility index (Phi) is 33.8. The Morgan fingerprint density at radius 2 is 1.04 bits per heavy atom. The monoisotopic (exact) mass is 720 g/mol. The zero-order valence-corrected chi connectivity index (χ0v) is 34.9. The number of ether oxygens (including phenoxy) is 2. The van der Waals surface area contributed by atoms with Gasteiger partial charge in [0.1, 0.15) is 6.10 Å². The molecule has 0 aliphatic carbocycles. The van der Waals surface area contributed by atoms with Gasteiger partial charge in [-0.1, -0.05) is 143 Å². The quantitative estimate of drug-likeness (QED) is 0.0530. The molecule has 1 unspecified atom stereocenters. The smallest absolute Gasteiger partial charge is 0.306 e. The molecule has 0 radical (unpaired) electrons. The van der Waals surface area contributed by atoms with Crippen molar-refractivity contribution in [2.45, 2.75) is 252 Å². The normalized spacial score (nSPS) is 16.8. The van der Waals surface area contributed by atoms with E-state index in [1.165, 1.54) is 153 Å². The summed E-state index contributed by atoms with van der Waals surface area (Å²) < 4.78 is 13.4. The number of aliphatic hydroxyl groups is 1. The van der Waals surface area contributed by atoms with Crippen LogP contribution in [0, 0.1) is 0 Å². The van der Waals surface area contributed by atoms with E-state index in [1.54, 1.807) is 0 Å². The molecule has 5 nitrogen and oxygen atoms in total. The Bertz CT molecular complexity index is 782. The second-order valence-electron chi connectivity index (χ2n) is 16.0. The third-order valence-electron chi connectivity index (χ3n) is 11.1. The minimum absolute atomic E-state index is 0.00164. The van der Waals surface area contributed by atoms with Gasteiger partial charge in [-0.2, -0.15) is 0 Å². The fraction of sp³-hybridized carbons (Fsp3) is 0.935. The Morgan fingerprint density at radius 3 is 1.55 bits per heavy atom. The maximum atomic E-state index is 13.5. The van der Waals surface area contributed by atoms with E-state index >= 15 is 0 Å². The molecule has 0 saturated heterocycles. The maximum Gasteiger partial charge on any atom is 0.306 e. The van der Waals surface area contributed by atoms with Gasteiger partial charge in [0.05, 0.1) is 18.5 Å². The molecule has 1 rings (SSSR count). The van der Waals surface area contributed by atoms with Crippen molar-refractivity contribution in [1.82, 2.24) is 4.90 Å². The molecule has 1 aliphatic rings. The van der Waals surface area contributed by atoms with Crippen LogP contribution in [0.1, 0.15) is 240 Å². The molecule has 0 fully saturated rings. The molecular formula is C46H89NO4. The number of allylic oxidation sites excluding steroid dienone is 2. The van der Waals surface area contributed by atoms with Crippen molar-refractivity contribution in [3.63, 3.8) is 0 Å². The molecule has 302 valence electrons. The lowest BCUT2D eigenvalue weighted by atomic mass is 9.97. The number of carbonyl (C=O) groups excluding carboxylic acids is 1. The van der Waals surface area contributed by atoms with Crippen LogP contribution in [-0.2, 0) is 14.3 Å². The number of hydrogen-bond acceptors (Lipinski definition) is 5. The van der Waals surface area contributed by atoms with E-state index in [4.69, 9.17) is 9.47 Å². The Balaban J connectivity index is 2.99. The molecule has 0 bridgehead atoms. The van der Waals surface area contributed by atoms with Gasteiger partial charge >= 0.3 is 5.97 Å². The average molecular weight is 720 g/mol. The van der Waals surface area contributed by atoms with Gasteiger partial charge in [-0.05, 0) is 102 Å². The van der Waals surface area contributed by atoms with Gasteiger partial charge in [-0.25, -0.2) is 0 Å². The number of esters is 1. The van der Waals surface area contributed by atoms with Gasteiger partial charge in [0, 0.05) is 19.4 Å². The van der Waals surface area contributed by atoms with E-state index in [0.717, 1.165) is 83.8 Å². The van der Waals surface area contributed by atoms with Gasteiger partial charge in [-0.15, -0.1) is 0 Å². The Morgan fingerprint density at radius 1 is 0.588 bits per heavy atom. The van der Waals surface area contributed by atoms with Gasteiger partial charge < -0.3 is 19.5 Å². The molecule has 0 aromatic carbocycles. The third kappa shape index (κ3) is 28.1. The number of nitrogens with zero attached hydrogens (tertiary/aromatic N) is 1. The standard InChI is InChI=1S/C46H89NO4/c1-5-9-13-17-20-24-32-43(31-23-16-12-8-4)50-45-35-29-39-47(40-41-48)38-28-27-30-42(45)36-37-46(49)51-44(33-25-21-18-14-10-6-2)34-26-22-19-15-11-7-3/h43-44,48H,5-41H2,1-4H3/b45-42-. The molecule has 0 saturated carbocycles. The number of hydrogen-bond donors (Lipinski definition) is 1. The summed E-state index contributed by atoms with van der Waals surface area (Å²) in [5, 5.41) is 9.64. The number of rotatable bonds is 34. The molecule has 0 aromatic rings. The summed E-state index contributed by atoms with van der Waals surface area (Å²) in [6, 6.07) is 0. The highest BCUT2D eigenvalue weighted by Gasteiger charge is 2.20. The highest BCUT2D eigenvalue weighted by molar-refractivity contribution is 5.69. The van der Waals surface area contributed by atoms with Crippen molar-refractivity contribution in [3.8, 4) is 0 Å². The molecule has 1 atom stereocenters. The van der Waals surface area contributed by atoms with Crippen LogP contribution in [0.3, 0.4) is 0 Å². The number of unbranched alkanes of at least 4 members (excludes halogenated alkanes) is 18. The SMILES string of the molecule is CCCCCCCCC(CCCCCCCC)OC(=O)CC/C1=C(\OC(CCCCCC)CCCCCCCC)CCCN(CCO)CCCC1. The van der Waals surface area contributed by atoms with Crippen molar-refractivity contribution in [3.05, 3.63) is 11.3 Å². The molecule has 5 heteroatoms. The first kappa shape index (κ1) is 48.0. The number of carbonyl (C=O) groups is 1. The fourth-order valence-corrected chi connectivity index (χ4v) is 7.82. The minimum atomic E-state index is -0.00164. The lowest BCUT2D eigenvalue weighted by Crippen LogP contribution is -2.29. The predicted molar refractivity (Wildman–Crippen MR) is 220 cm³/mol. The highest BCUT2D eigenvalue weighted by Crippen LogP contribution is 2.29. The minimum Gasteiger partial charge on any atom is -0.495 e. The molecule has 51 heavy (non-hydrogen) atoms. The molecule has 1 N–H and O–H groups in total. The third-order valence-corrected chi connectivity index (χ3v) is 11.1. The van der Waals surface area contributed by atoms with Crippen LogP contribution >= 0.6 is 0 Å². The van der Waals surface area contributed by atoms with E-state index in [0.29, 0.717) is 6.42 Å². The van der Waals surface area contributed by atoms with E-state index in [9.17, 15) is 9.90 Å². The maximum absolute atomic E-state index is 13.5. The van der Waals surface area contributed by atoms with Crippen LogP contribution < -0.4 is 0 Å². The second-order valence-corrected chi connectivity index (χ2v) is 16.0. The zero-order chi connectivity index (χ0) is 37.0. The lowest BCUT2D eigenvalue weighted by Gasteiger charge is -2.27. The summed E-state index contributed by atoms with van der Waals surface area (Å²) in [4.78, 5) is 15.9. The van der Waals surface area contributed by atoms with Crippen molar-refractivity contribution in [2.75, 3.05) is 26.2 Å². The van der Waals surface area contributed by atoms with E-state index in [2.05, 4.69) is 32.6 Å². The first-order chi connectivity index (χ1) is 25.1. The van der Waals surface area contributed by atoms with E-state index < -0.39 is 0 Å². The molecule has 1 aliphatic heterocycles. The Labute approximate surface area is 318 Å². The largest absolute Gasteiger partial charge is 0.495 e. The van der Waals surface area contributed by atoms with Crippen LogP contribution in [0.5, 0.6) is 0 Å². The van der Waals surface area contributed by atoms with Crippen molar-refractivity contribution in [1.29, 1.82) is 0 Å². The molecular weight excluding hydrogens is 631 g/mol.